The molecule has 2 rings (SSSR count). The second-order valence-electron chi connectivity index (χ2n) is 5.87. The molecule has 0 aromatic heterocycles. The summed E-state index contributed by atoms with van der Waals surface area (Å²) in [6.07, 6.45) is 3.51. The molecule has 1 amide bonds. The van der Waals surface area contributed by atoms with Gasteiger partial charge in [-0.15, -0.1) is 0 Å². The van der Waals surface area contributed by atoms with E-state index in [4.69, 9.17) is 0 Å². The summed E-state index contributed by atoms with van der Waals surface area (Å²) in [7, 11) is 0. The topological polar surface area (TPSA) is 41.1 Å². The van der Waals surface area contributed by atoms with Crippen LogP contribution >= 0.6 is 0 Å². The Morgan fingerprint density at radius 2 is 2.26 bits per heavy atom. The van der Waals surface area contributed by atoms with Crippen molar-refractivity contribution in [1.82, 2.24) is 5.32 Å². The lowest BCUT2D eigenvalue weighted by molar-refractivity contribution is -0.115. The molecule has 0 aliphatic heterocycles. The van der Waals surface area contributed by atoms with Crippen LogP contribution in [0.5, 0.6) is 0 Å². The first-order chi connectivity index (χ1) is 8.97. The number of hydrogen-bond donors (Lipinski definition) is 2. The van der Waals surface area contributed by atoms with Crippen LogP contribution in [0.3, 0.4) is 0 Å². The number of carbonyl (C=O) groups is 1. The van der Waals surface area contributed by atoms with Crippen molar-refractivity contribution in [1.29, 1.82) is 0 Å². The van der Waals surface area contributed by atoms with E-state index in [1.807, 2.05) is 0 Å². The Bertz CT molecular complexity index is 459. The molecule has 1 aromatic rings. The lowest BCUT2D eigenvalue weighted by Crippen LogP contribution is -2.41. The van der Waals surface area contributed by atoms with Crippen molar-refractivity contribution in [2.24, 2.45) is 5.41 Å². The van der Waals surface area contributed by atoms with Crippen molar-refractivity contribution in [2.45, 2.75) is 39.2 Å². The zero-order chi connectivity index (χ0) is 13.9. The number of carbonyl (C=O) groups excluding carboxylic acids is 1. The largest absolute Gasteiger partial charge is 0.325 e. The zero-order valence-electron chi connectivity index (χ0n) is 11.5. The Balaban J connectivity index is 1.82. The second kappa shape index (κ2) is 5.70. The normalized spacial score (nSPS) is 21.3. The van der Waals surface area contributed by atoms with E-state index >= 15 is 0 Å². The second-order valence-corrected chi connectivity index (χ2v) is 5.87. The number of halogens is 1. The minimum atomic E-state index is -0.345. The maximum absolute atomic E-state index is 13.0. The Labute approximate surface area is 113 Å². The zero-order valence-corrected chi connectivity index (χ0v) is 11.5. The molecular weight excluding hydrogens is 243 g/mol. The fourth-order valence-electron chi connectivity index (χ4n) is 2.69. The molecule has 1 saturated carbocycles. The molecule has 1 aliphatic rings. The van der Waals surface area contributed by atoms with Crippen molar-refractivity contribution in [3.8, 4) is 0 Å². The van der Waals surface area contributed by atoms with E-state index < -0.39 is 0 Å². The van der Waals surface area contributed by atoms with E-state index in [0.29, 0.717) is 11.7 Å². The predicted molar refractivity (Wildman–Crippen MR) is 74.5 cm³/mol. The highest BCUT2D eigenvalue weighted by Gasteiger charge is 2.34. The van der Waals surface area contributed by atoms with Gasteiger partial charge in [-0.05, 0) is 36.5 Å². The quantitative estimate of drug-likeness (QED) is 0.878. The van der Waals surface area contributed by atoms with Gasteiger partial charge in [0.15, 0.2) is 0 Å². The van der Waals surface area contributed by atoms with E-state index in [9.17, 15) is 9.18 Å². The number of rotatable bonds is 4. The minimum Gasteiger partial charge on any atom is -0.325 e. The van der Waals surface area contributed by atoms with Gasteiger partial charge in [0.2, 0.25) is 5.91 Å². The monoisotopic (exact) mass is 264 g/mol. The van der Waals surface area contributed by atoms with Gasteiger partial charge in [-0.3, -0.25) is 4.79 Å². The first kappa shape index (κ1) is 14.0. The van der Waals surface area contributed by atoms with Crippen LogP contribution < -0.4 is 10.6 Å². The van der Waals surface area contributed by atoms with Crippen molar-refractivity contribution in [2.75, 3.05) is 11.9 Å². The number of benzene rings is 1. The summed E-state index contributed by atoms with van der Waals surface area (Å²) in [6, 6.07) is 6.32. The standard InChI is InChI=1S/C15H21FN2O/c1-15(2)8-4-7-13(15)17-10-14(19)18-12-6-3-5-11(16)9-12/h3,5-6,9,13,17H,4,7-8,10H2,1-2H3,(H,18,19). The maximum Gasteiger partial charge on any atom is 0.238 e. The summed E-state index contributed by atoms with van der Waals surface area (Å²) in [5, 5.41) is 5.99. The molecule has 1 aromatic carbocycles. The summed E-state index contributed by atoms with van der Waals surface area (Å²) in [4.78, 5) is 11.8. The van der Waals surface area contributed by atoms with E-state index in [2.05, 4.69) is 24.5 Å². The molecule has 0 heterocycles. The summed E-state index contributed by atoms with van der Waals surface area (Å²) in [5.74, 6) is -0.476. The van der Waals surface area contributed by atoms with Crippen LogP contribution in [0.15, 0.2) is 24.3 Å². The molecule has 3 nitrogen and oxygen atoms in total. The van der Waals surface area contributed by atoms with Crippen LogP contribution in [0.4, 0.5) is 10.1 Å². The number of amides is 1. The van der Waals surface area contributed by atoms with E-state index in [-0.39, 0.29) is 23.7 Å². The van der Waals surface area contributed by atoms with Gasteiger partial charge >= 0.3 is 0 Å². The molecule has 1 atom stereocenters. The molecule has 0 saturated heterocycles. The van der Waals surface area contributed by atoms with Crippen LogP contribution in [-0.4, -0.2) is 18.5 Å². The average molecular weight is 264 g/mol. The van der Waals surface area contributed by atoms with Gasteiger partial charge in [0, 0.05) is 11.7 Å². The molecule has 0 bridgehead atoms. The van der Waals surface area contributed by atoms with Crippen LogP contribution in [0.1, 0.15) is 33.1 Å². The van der Waals surface area contributed by atoms with Crippen molar-refractivity contribution >= 4 is 11.6 Å². The molecule has 0 radical (unpaired) electrons. The van der Waals surface area contributed by atoms with Gasteiger partial charge in [0.25, 0.3) is 0 Å². The SMILES string of the molecule is CC1(C)CCCC1NCC(=O)Nc1cccc(F)c1. The molecule has 0 spiro atoms. The number of hydrogen-bond acceptors (Lipinski definition) is 2. The maximum atomic E-state index is 13.0. The summed E-state index contributed by atoms with van der Waals surface area (Å²) in [6.45, 7) is 4.72. The van der Waals surface area contributed by atoms with Gasteiger partial charge in [-0.1, -0.05) is 26.3 Å². The molecular formula is C15H21FN2O. The van der Waals surface area contributed by atoms with Gasteiger partial charge in [0.1, 0.15) is 5.82 Å². The number of nitrogens with one attached hydrogen (secondary N) is 2. The highest BCUT2D eigenvalue weighted by atomic mass is 19.1. The molecule has 19 heavy (non-hydrogen) atoms. The highest BCUT2D eigenvalue weighted by Crippen LogP contribution is 2.36. The summed E-state index contributed by atoms with van der Waals surface area (Å²) in [5.41, 5.74) is 0.747. The fraction of sp³-hybridized carbons (Fsp3) is 0.533. The summed E-state index contributed by atoms with van der Waals surface area (Å²) < 4.78 is 13.0. The average Bonchev–Trinajstić information content (AvgIpc) is 2.66. The van der Waals surface area contributed by atoms with Crippen molar-refractivity contribution in [3.05, 3.63) is 30.1 Å². The van der Waals surface area contributed by atoms with Crippen molar-refractivity contribution in [3.63, 3.8) is 0 Å². The number of anilines is 1. The third-order valence-corrected chi connectivity index (χ3v) is 3.87. The van der Waals surface area contributed by atoms with Gasteiger partial charge in [-0.2, -0.15) is 0 Å². The first-order valence-electron chi connectivity index (χ1n) is 6.76. The van der Waals surface area contributed by atoms with Crippen LogP contribution in [-0.2, 0) is 4.79 Å². The predicted octanol–water partition coefficient (Wildman–Crippen LogP) is 2.93. The molecule has 1 fully saturated rings. The lowest BCUT2D eigenvalue weighted by atomic mass is 9.87. The molecule has 104 valence electrons. The van der Waals surface area contributed by atoms with E-state index in [1.54, 1.807) is 12.1 Å². The van der Waals surface area contributed by atoms with Crippen LogP contribution in [0, 0.1) is 11.2 Å². The Morgan fingerprint density at radius 3 is 2.89 bits per heavy atom. The third kappa shape index (κ3) is 3.77. The first-order valence-corrected chi connectivity index (χ1v) is 6.76. The molecule has 2 N–H and O–H groups in total. The van der Waals surface area contributed by atoms with Crippen molar-refractivity contribution < 1.29 is 9.18 Å². The van der Waals surface area contributed by atoms with E-state index in [1.165, 1.54) is 25.0 Å². The van der Waals surface area contributed by atoms with Crippen LogP contribution in [0.25, 0.3) is 0 Å². The van der Waals surface area contributed by atoms with E-state index in [0.717, 1.165) is 6.42 Å². The molecule has 1 aliphatic carbocycles. The fourth-order valence-corrected chi connectivity index (χ4v) is 2.69. The Hall–Kier alpha value is -1.42. The van der Waals surface area contributed by atoms with Gasteiger partial charge < -0.3 is 10.6 Å². The minimum absolute atomic E-state index is 0.131. The third-order valence-electron chi connectivity index (χ3n) is 3.87. The highest BCUT2D eigenvalue weighted by molar-refractivity contribution is 5.92. The van der Waals surface area contributed by atoms with Gasteiger partial charge in [-0.25, -0.2) is 4.39 Å². The Kier molecular flexibility index (Phi) is 4.20. The lowest BCUT2D eigenvalue weighted by Gasteiger charge is -2.27. The van der Waals surface area contributed by atoms with Crippen LogP contribution in [0.2, 0.25) is 0 Å². The summed E-state index contributed by atoms with van der Waals surface area (Å²) >= 11 is 0. The Morgan fingerprint density at radius 1 is 1.47 bits per heavy atom. The van der Waals surface area contributed by atoms with Gasteiger partial charge in [0.05, 0.1) is 6.54 Å². The molecule has 1 unspecified atom stereocenters. The molecule has 4 heteroatoms. The smallest absolute Gasteiger partial charge is 0.238 e.